The topological polar surface area (TPSA) is 44.3 Å². The number of hydrogen-bond acceptors (Lipinski definition) is 6. The Morgan fingerprint density at radius 3 is 2.77 bits per heavy atom. The van der Waals surface area contributed by atoms with E-state index in [9.17, 15) is 4.39 Å². The molecule has 0 radical (unpaired) electrons. The van der Waals surface area contributed by atoms with Crippen molar-refractivity contribution in [3.8, 4) is 0 Å². The third-order valence-electron chi connectivity index (χ3n) is 4.77. The second-order valence-corrected chi connectivity index (χ2v) is 7.32. The highest BCUT2D eigenvalue weighted by molar-refractivity contribution is 7.16. The van der Waals surface area contributed by atoms with Crippen LogP contribution < -0.4 is 10.2 Å². The van der Waals surface area contributed by atoms with Gasteiger partial charge in [-0.05, 0) is 36.5 Å². The molecule has 7 heteroatoms. The van der Waals surface area contributed by atoms with Crippen LogP contribution >= 0.6 is 11.3 Å². The Kier molecular flexibility index (Phi) is 5.26. The lowest BCUT2D eigenvalue weighted by atomic mass is 10.2. The highest BCUT2D eigenvalue weighted by Crippen LogP contribution is 2.23. The van der Waals surface area contributed by atoms with Crippen LogP contribution in [0.25, 0.3) is 10.2 Å². The quantitative estimate of drug-likeness (QED) is 0.673. The van der Waals surface area contributed by atoms with Crippen molar-refractivity contribution in [2.75, 3.05) is 49.5 Å². The van der Waals surface area contributed by atoms with E-state index in [0.29, 0.717) is 0 Å². The molecule has 0 saturated carbocycles. The van der Waals surface area contributed by atoms with E-state index < -0.39 is 0 Å². The Bertz CT molecular complexity index is 860. The van der Waals surface area contributed by atoms with E-state index >= 15 is 0 Å². The molecular weight excluding hydrogens is 349 g/mol. The Balaban J connectivity index is 1.22. The average Bonchev–Trinajstić information content (AvgIpc) is 3.16. The Morgan fingerprint density at radius 2 is 1.92 bits per heavy atom. The maximum absolute atomic E-state index is 13.9. The minimum Gasteiger partial charge on any atom is -0.369 e. The van der Waals surface area contributed by atoms with Gasteiger partial charge in [0.1, 0.15) is 22.8 Å². The first kappa shape index (κ1) is 17.2. The molecule has 1 fully saturated rings. The van der Waals surface area contributed by atoms with Gasteiger partial charge in [-0.15, -0.1) is 11.3 Å². The Hall–Kier alpha value is -2.25. The predicted octanol–water partition coefficient (Wildman–Crippen LogP) is 3.45. The summed E-state index contributed by atoms with van der Waals surface area (Å²) in [6.07, 6.45) is 2.67. The van der Waals surface area contributed by atoms with Gasteiger partial charge in [0.25, 0.3) is 0 Å². The summed E-state index contributed by atoms with van der Waals surface area (Å²) in [5, 5.41) is 6.56. The van der Waals surface area contributed by atoms with Gasteiger partial charge >= 0.3 is 0 Å². The van der Waals surface area contributed by atoms with E-state index in [4.69, 9.17) is 0 Å². The second-order valence-electron chi connectivity index (χ2n) is 6.42. The lowest BCUT2D eigenvalue weighted by Crippen LogP contribution is -2.47. The number of nitrogens with zero attached hydrogens (tertiary/aromatic N) is 4. The summed E-state index contributed by atoms with van der Waals surface area (Å²) in [4.78, 5) is 14.2. The number of piperazine rings is 1. The minimum atomic E-state index is -0.130. The number of para-hydroxylation sites is 1. The molecule has 0 aliphatic carbocycles. The van der Waals surface area contributed by atoms with Crippen molar-refractivity contribution in [1.82, 2.24) is 14.9 Å². The molecular formula is C19H22FN5S. The summed E-state index contributed by atoms with van der Waals surface area (Å²) in [5.41, 5.74) is 0.720. The maximum atomic E-state index is 13.9. The molecule has 136 valence electrons. The normalized spacial score (nSPS) is 15.5. The molecule has 1 aromatic carbocycles. The van der Waals surface area contributed by atoms with Gasteiger partial charge in [-0.1, -0.05) is 12.1 Å². The van der Waals surface area contributed by atoms with Gasteiger partial charge in [0.05, 0.1) is 11.1 Å². The van der Waals surface area contributed by atoms with Crippen LogP contribution in [0.1, 0.15) is 6.42 Å². The molecule has 5 nitrogen and oxygen atoms in total. The van der Waals surface area contributed by atoms with E-state index in [1.807, 2.05) is 17.5 Å². The van der Waals surface area contributed by atoms with Gasteiger partial charge in [-0.25, -0.2) is 14.4 Å². The number of rotatable bonds is 6. The third-order valence-corrected chi connectivity index (χ3v) is 5.59. The zero-order valence-corrected chi connectivity index (χ0v) is 15.4. The number of hydrogen-bond donors (Lipinski definition) is 1. The van der Waals surface area contributed by atoms with Crippen LogP contribution in [0.2, 0.25) is 0 Å². The second kappa shape index (κ2) is 7.97. The predicted molar refractivity (Wildman–Crippen MR) is 106 cm³/mol. The lowest BCUT2D eigenvalue weighted by molar-refractivity contribution is 0.256. The zero-order valence-electron chi connectivity index (χ0n) is 14.6. The fourth-order valence-electron chi connectivity index (χ4n) is 3.36. The van der Waals surface area contributed by atoms with E-state index in [1.54, 1.807) is 23.7 Å². The summed E-state index contributed by atoms with van der Waals surface area (Å²) >= 11 is 1.63. The van der Waals surface area contributed by atoms with Crippen molar-refractivity contribution in [3.63, 3.8) is 0 Å². The molecule has 0 amide bonds. The Morgan fingerprint density at radius 1 is 1.08 bits per heavy atom. The van der Waals surface area contributed by atoms with Crippen LogP contribution in [0.15, 0.2) is 42.0 Å². The lowest BCUT2D eigenvalue weighted by Gasteiger charge is -2.36. The SMILES string of the molecule is Fc1ccccc1N1CCN(CCCNc2ncnc3sccc23)CC1. The Labute approximate surface area is 156 Å². The van der Waals surface area contributed by atoms with Crippen molar-refractivity contribution < 1.29 is 4.39 Å². The van der Waals surface area contributed by atoms with E-state index in [1.165, 1.54) is 6.07 Å². The molecule has 3 heterocycles. The fourth-order valence-corrected chi connectivity index (χ4v) is 4.09. The number of halogens is 1. The highest BCUT2D eigenvalue weighted by Gasteiger charge is 2.18. The molecule has 4 rings (SSSR count). The first-order valence-corrected chi connectivity index (χ1v) is 9.83. The minimum absolute atomic E-state index is 0.130. The molecule has 1 saturated heterocycles. The summed E-state index contributed by atoms with van der Waals surface area (Å²) < 4.78 is 13.9. The number of thiophene rings is 1. The molecule has 0 bridgehead atoms. The summed E-state index contributed by atoms with van der Waals surface area (Å²) in [6.45, 7) is 5.60. The molecule has 1 aliphatic heterocycles. The third kappa shape index (κ3) is 3.78. The number of aromatic nitrogens is 2. The smallest absolute Gasteiger partial charge is 0.146 e. The molecule has 3 aromatic rings. The van der Waals surface area contributed by atoms with E-state index in [0.717, 1.165) is 67.4 Å². The van der Waals surface area contributed by atoms with Gasteiger partial charge in [-0.3, -0.25) is 4.90 Å². The van der Waals surface area contributed by atoms with Gasteiger partial charge in [0, 0.05) is 32.7 Å². The summed E-state index contributed by atoms with van der Waals surface area (Å²) in [5.74, 6) is 0.787. The van der Waals surface area contributed by atoms with Crippen molar-refractivity contribution in [2.24, 2.45) is 0 Å². The van der Waals surface area contributed by atoms with Gasteiger partial charge in [0.2, 0.25) is 0 Å². The largest absolute Gasteiger partial charge is 0.369 e. The number of nitrogens with one attached hydrogen (secondary N) is 1. The zero-order chi connectivity index (χ0) is 17.8. The monoisotopic (exact) mass is 371 g/mol. The van der Waals surface area contributed by atoms with Gasteiger partial charge < -0.3 is 10.2 Å². The van der Waals surface area contributed by atoms with E-state index in [2.05, 4.69) is 31.2 Å². The fraction of sp³-hybridized carbons (Fsp3) is 0.368. The summed E-state index contributed by atoms with van der Waals surface area (Å²) in [7, 11) is 0. The van der Waals surface area contributed by atoms with Crippen LogP contribution in [0.4, 0.5) is 15.9 Å². The van der Waals surface area contributed by atoms with Crippen LogP contribution in [0.5, 0.6) is 0 Å². The van der Waals surface area contributed by atoms with Crippen molar-refractivity contribution in [1.29, 1.82) is 0 Å². The van der Waals surface area contributed by atoms with Crippen molar-refractivity contribution >= 4 is 33.1 Å². The van der Waals surface area contributed by atoms with Gasteiger partial charge in [0.15, 0.2) is 0 Å². The maximum Gasteiger partial charge on any atom is 0.146 e. The van der Waals surface area contributed by atoms with Crippen LogP contribution in [0, 0.1) is 5.82 Å². The van der Waals surface area contributed by atoms with Crippen LogP contribution in [-0.4, -0.2) is 54.1 Å². The molecule has 1 N–H and O–H groups in total. The number of fused-ring (bicyclic) bond motifs is 1. The molecule has 1 aliphatic rings. The van der Waals surface area contributed by atoms with Crippen LogP contribution in [0.3, 0.4) is 0 Å². The number of anilines is 2. The highest BCUT2D eigenvalue weighted by atomic mass is 32.1. The van der Waals surface area contributed by atoms with Crippen LogP contribution in [-0.2, 0) is 0 Å². The van der Waals surface area contributed by atoms with Gasteiger partial charge in [-0.2, -0.15) is 0 Å². The first-order chi connectivity index (χ1) is 12.8. The summed E-state index contributed by atoms with van der Waals surface area (Å²) in [6, 6.07) is 9.09. The van der Waals surface area contributed by atoms with Crippen molar-refractivity contribution in [2.45, 2.75) is 6.42 Å². The molecule has 0 atom stereocenters. The molecule has 2 aromatic heterocycles. The number of benzene rings is 1. The molecule has 26 heavy (non-hydrogen) atoms. The van der Waals surface area contributed by atoms with E-state index in [-0.39, 0.29) is 5.82 Å². The first-order valence-electron chi connectivity index (χ1n) is 8.95. The average molecular weight is 371 g/mol. The molecule has 0 unspecified atom stereocenters. The molecule has 0 spiro atoms. The van der Waals surface area contributed by atoms with Crippen molar-refractivity contribution in [3.05, 3.63) is 47.9 Å². The standard InChI is InChI=1S/C19H22FN5S/c20-16-4-1-2-5-17(16)25-11-9-24(10-12-25)8-3-7-21-18-15-6-13-26-19(15)23-14-22-18/h1-2,4-6,13-14H,3,7-12H2,(H,21,22,23).